The Morgan fingerprint density at radius 3 is 2.77 bits per heavy atom. The Kier molecular flexibility index (Phi) is 6.38. The van der Waals surface area contributed by atoms with Crippen LogP contribution in [0.1, 0.15) is 16.3 Å². The number of carbonyl (C=O) groups excluding carboxylic acids is 1. The first kappa shape index (κ1) is 24.1. The molecule has 0 fully saturated rings. The number of aryl methyl sites for hydroxylation is 1. The Bertz CT molecular complexity index is 1470. The Morgan fingerprint density at radius 1 is 1.26 bits per heavy atom. The van der Waals surface area contributed by atoms with Crippen molar-refractivity contribution in [2.45, 2.75) is 18.7 Å². The van der Waals surface area contributed by atoms with Gasteiger partial charge in [0.05, 0.1) is 29.3 Å². The molecule has 1 aromatic carbocycles. The third-order valence-electron chi connectivity index (χ3n) is 4.78. The minimum absolute atomic E-state index is 0.0188. The average molecular weight is 499 g/mol. The van der Waals surface area contributed by atoms with Crippen LogP contribution in [0.3, 0.4) is 0 Å². The summed E-state index contributed by atoms with van der Waals surface area (Å²) in [7, 11) is 0. The number of benzene rings is 1. The number of ether oxygens (including phenoxy) is 1. The number of hydrogen-bond acceptors (Lipinski definition) is 9. The molecule has 3 N–H and O–H groups in total. The van der Waals surface area contributed by atoms with Gasteiger partial charge in [-0.15, -0.1) is 11.3 Å². The second-order valence-electron chi connectivity index (χ2n) is 7.36. The van der Waals surface area contributed by atoms with Crippen LogP contribution in [-0.2, 0) is 15.1 Å². The summed E-state index contributed by atoms with van der Waals surface area (Å²) in [6, 6.07) is 6.72. The average Bonchev–Trinajstić information content (AvgIpc) is 3.36. The van der Waals surface area contributed by atoms with Gasteiger partial charge in [-0.1, -0.05) is 24.0 Å². The Morgan fingerprint density at radius 2 is 2.06 bits per heavy atom. The molecule has 0 spiro atoms. The maximum Gasteiger partial charge on any atom is 0.490 e. The highest BCUT2D eigenvalue weighted by atomic mass is 32.1. The molecule has 0 aliphatic heterocycles. The smallest absolute Gasteiger partial charge is 0.454 e. The van der Waals surface area contributed by atoms with Crippen LogP contribution in [0.25, 0.3) is 22.3 Å². The van der Waals surface area contributed by atoms with E-state index >= 15 is 0 Å². The number of aromatic nitrogens is 4. The zero-order valence-corrected chi connectivity index (χ0v) is 18.8. The molecular weight excluding hydrogens is 483 g/mol. The van der Waals surface area contributed by atoms with Crippen LogP contribution in [0, 0.1) is 18.8 Å². The number of nitrogens with zero attached hydrogens (tertiary/aromatic N) is 4. The van der Waals surface area contributed by atoms with Crippen LogP contribution in [0.4, 0.5) is 18.9 Å². The standard InChI is InChI=1S/C23H16F3N5O3S/c1-13-18-16(27)10-28-11-17(18)31-19(30-13)15-4-2-3-14(9-15)5-6-22(33,20-29-7-8-35-20)12-34-21(32)23(24,25)26/h2-4,7-11,33H,12,27H2,1H3/t22-/m1/s1. The summed E-state index contributed by atoms with van der Waals surface area (Å²) in [4.78, 5) is 28.1. The second kappa shape index (κ2) is 9.28. The number of carbonyl (C=O) groups is 1. The van der Waals surface area contributed by atoms with Crippen LogP contribution >= 0.6 is 11.3 Å². The minimum atomic E-state index is -5.20. The van der Waals surface area contributed by atoms with Crippen molar-refractivity contribution in [3.05, 3.63) is 64.5 Å². The van der Waals surface area contributed by atoms with E-state index in [2.05, 4.69) is 36.5 Å². The van der Waals surface area contributed by atoms with Gasteiger partial charge in [-0.3, -0.25) is 4.98 Å². The maximum absolute atomic E-state index is 12.5. The summed E-state index contributed by atoms with van der Waals surface area (Å²) in [5.41, 5.74) is 6.42. The molecule has 4 aromatic rings. The SMILES string of the molecule is Cc1nc(-c2cccc(C#C[C@@](O)(COC(=O)C(F)(F)F)c3nccs3)c2)nc2cncc(N)c12. The fourth-order valence-corrected chi connectivity index (χ4v) is 3.85. The zero-order valence-electron chi connectivity index (χ0n) is 18.0. The Hall–Kier alpha value is -4.08. The fraction of sp³-hybridized carbons (Fsp3) is 0.174. The summed E-state index contributed by atoms with van der Waals surface area (Å²) < 4.78 is 41.9. The van der Waals surface area contributed by atoms with Crippen molar-refractivity contribution in [3.63, 3.8) is 0 Å². The normalized spacial score (nSPS) is 13.1. The maximum atomic E-state index is 12.5. The molecule has 12 heteroatoms. The molecule has 0 saturated carbocycles. The summed E-state index contributed by atoms with van der Waals surface area (Å²) in [5.74, 6) is 3.16. The summed E-state index contributed by atoms with van der Waals surface area (Å²) in [5, 5.41) is 13.1. The third kappa shape index (κ3) is 5.21. The van der Waals surface area contributed by atoms with Crippen molar-refractivity contribution in [3.8, 4) is 23.2 Å². The highest BCUT2D eigenvalue weighted by Gasteiger charge is 2.43. The molecule has 178 valence electrons. The highest BCUT2D eigenvalue weighted by molar-refractivity contribution is 7.09. The Labute approximate surface area is 200 Å². The molecule has 35 heavy (non-hydrogen) atoms. The molecular formula is C23H16F3N5O3S. The number of fused-ring (bicyclic) bond motifs is 1. The number of thiazole rings is 1. The lowest BCUT2D eigenvalue weighted by atomic mass is 10.1. The van der Waals surface area contributed by atoms with Gasteiger partial charge in [0.2, 0.25) is 5.60 Å². The largest absolute Gasteiger partial charge is 0.490 e. The van der Waals surface area contributed by atoms with Crippen LogP contribution in [0.5, 0.6) is 0 Å². The molecule has 1 atom stereocenters. The lowest BCUT2D eigenvalue weighted by molar-refractivity contribution is -0.203. The first-order chi connectivity index (χ1) is 16.6. The second-order valence-corrected chi connectivity index (χ2v) is 8.25. The number of alkyl halides is 3. The molecule has 0 aliphatic carbocycles. The van der Waals surface area contributed by atoms with Gasteiger partial charge in [0.25, 0.3) is 0 Å². The Balaban J connectivity index is 1.67. The van der Waals surface area contributed by atoms with Gasteiger partial charge >= 0.3 is 12.1 Å². The predicted octanol–water partition coefficient (Wildman–Crippen LogP) is 3.38. The quantitative estimate of drug-likeness (QED) is 0.324. The molecule has 0 radical (unpaired) electrons. The van der Waals surface area contributed by atoms with Crippen molar-refractivity contribution in [2.24, 2.45) is 0 Å². The molecule has 0 saturated heterocycles. The molecule has 0 amide bonds. The van der Waals surface area contributed by atoms with Gasteiger partial charge in [-0.25, -0.2) is 19.7 Å². The van der Waals surface area contributed by atoms with Gasteiger partial charge in [0, 0.05) is 28.1 Å². The van der Waals surface area contributed by atoms with E-state index in [0.717, 1.165) is 11.3 Å². The van der Waals surface area contributed by atoms with Gasteiger partial charge in [-0.05, 0) is 19.1 Å². The summed E-state index contributed by atoms with van der Waals surface area (Å²) >= 11 is 0.956. The topological polar surface area (TPSA) is 124 Å². The number of anilines is 1. The van der Waals surface area contributed by atoms with E-state index in [-0.39, 0.29) is 5.01 Å². The zero-order chi connectivity index (χ0) is 25.2. The number of esters is 1. The first-order valence-electron chi connectivity index (χ1n) is 9.94. The first-order valence-corrected chi connectivity index (χ1v) is 10.8. The minimum Gasteiger partial charge on any atom is -0.454 e. The highest BCUT2D eigenvalue weighted by Crippen LogP contribution is 2.27. The van der Waals surface area contributed by atoms with Gasteiger partial charge in [0.1, 0.15) is 11.6 Å². The van der Waals surface area contributed by atoms with Crippen molar-refractivity contribution in [1.82, 2.24) is 19.9 Å². The number of nitrogens with two attached hydrogens (primary N) is 1. The van der Waals surface area contributed by atoms with E-state index < -0.39 is 24.4 Å². The van der Waals surface area contributed by atoms with Crippen molar-refractivity contribution in [2.75, 3.05) is 12.3 Å². The van der Waals surface area contributed by atoms with Crippen molar-refractivity contribution in [1.29, 1.82) is 0 Å². The van der Waals surface area contributed by atoms with E-state index in [1.807, 2.05) is 0 Å². The predicted molar refractivity (Wildman–Crippen MR) is 122 cm³/mol. The van der Waals surface area contributed by atoms with E-state index in [4.69, 9.17) is 5.73 Å². The third-order valence-corrected chi connectivity index (χ3v) is 5.71. The molecule has 4 rings (SSSR count). The van der Waals surface area contributed by atoms with E-state index in [1.165, 1.54) is 17.8 Å². The van der Waals surface area contributed by atoms with Crippen LogP contribution in [0.2, 0.25) is 0 Å². The molecule has 0 unspecified atom stereocenters. The molecule has 3 heterocycles. The fourth-order valence-electron chi connectivity index (χ4n) is 3.17. The molecule has 8 nitrogen and oxygen atoms in total. The van der Waals surface area contributed by atoms with Gasteiger partial charge in [-0.2, -0.15) is 13.2 Å². The monoisotopic (exact) mass is 499 g/mol. The number of rotatable bonds is 4. The summed E-state index contributed by atoms with van der Waals surface area (Å²) in [6.07, 6.45) is -0.766. The van der Waals surface area contributed by atoms with E-state index in [9.17, 15) is 23.1 Å². The number of pyridine rings is 1. The number of hydrogen-bond donors (Lipinski definition) is 2. The van der Waals surface area contributed by atoms with Gasteiger partial charge < -0.3 is 15.6 Å². The lowest BCUT2D eigenvalue weighted by Crippen LogP contribution is -2.35. The molecule has 0 aliphatic rings. The number of halogens is 3. The summed E-state index contributed by atoms with van der Waals surface area (Å²) in [6.45, 7) is 0.747. The number of aliphatic hydroxyl groups is 1. The van der Waals surface area contributed by atoms with Crippen molar-refractivity contribution < 1.29 is 27.8 Å². The molecule has 0 bridgehead atoms. The van der Waals surface area contributed by atoms with Crippen LogP contribution in [-0.4, -0.2) is 43.8 Å². The van der Waals surface area contributed by atoms with Crippen LogP contribution in [0.15, 0.2) is 48.2 Å². The van der Waals surface area contributed by atoms with Crippen LogP contribution < -0.4 is 5.73 Å². The lowest BCUT2D eigenvalue weighted by Gasteiger charge is -2.19. The van der Waals surface area contributed by atoms with E-state index in [0.29, 0.717) is 39.2 Å². The number of nitrogen functional groups attached to an aromatic ring is 1. The van der Waals surface area contributed by atoms with Gasteiger partial charge in [0.15, 0.2) is 5.82 Å². The molecule has 3 aromatic heterocycles. The van der Waals surface area contributed by atoms with E-state index in [1.54, 1.807) is 37.4 Å². The van der Waals surface area contributed by atoms with Crippen molar-refractivity contribution >= 4 is 33.9 Å².